The van der Waals surface area contributed by atoms with Gasteiger partial charge in [0.2, 0.25) is 5.91 Å². The van der Waals surface area contributed by atoms with Gasteiger partial charge in [-0.05, 0) is 77.5 Å². The number of carbonyl (C=O) groups is 3. The molecule has 1 aliphatic heterocycles. The zero-order chi connectivity index (χ0) is 26.7. The Bertz CT molecular complexity index is 1540. The van der Waals surface area contributed by atoms with E-state index in [0.717, 1.165) is 16.7 Å². The lowest BCUT2D eigenvalue weighted by atomic mass is 10.2. The van der Waals surface area contributed by atoms with Crippen LogP contribution in [0.4, 0.5) is 10.5 Å². The molecule has 37 heavy (non-hydrogen) atoms. The first kappa shape index (κ1) is 26.7. The fourth-order valence-corrected chi connectivity index (χ4v) is 5.63. The molecule has 190 valence electrons. The second-order valence-electron chi connectivity index (χ2n) is 7.83. The van der Waals surface area contributed by atoms with Crippen LogP contribution in [0.2, 0.25) is 10.0 Å². The molecule has 1 saturated heterocycles. The van der Waals surface area contributed by atoms with Crippen molar-refractivity contribution < 1.29 is 27.0 Å². The number of thioether (sulfide) groups is 1. The number of amides is 3. The number of rotatable bonds is 7. The van der Waals surface area contributed by atoms with Gasteiger partial charge in [-0.15, -0.1) is 0 Å². The summed E-state index contributed by atoms with van der Waals surface area (Å²) in [7, 11) is -4.20. The van der Waals surface area contributed by atoms with Crippen LogP contribution in [0.3, 0.4) is 0 Å². The Morgan fingerprint density at radius 2 is 1.78 bits per heavy atom. The zero-order valence-corrected chi connectivity index (χ0v) is 22.2. The third-order valence-electron chi connectivity index (χ3n) is 5.02. The maximum atomic E-state index is 12.8. The Kier molecular flexibility index (Phi) is 7.93. The van der Waals surface area contributed by atoms with Crippen LogP contribution in [0.25, 0.3) is 6.08 Å². The molecule has 0 atom stereocenters. The van der Waals surface area contributed by atoms with Gasteiger partial charge in [-0.3, -0.25) is 19.3 Å². The van der Waals surface area contributed by atoms with E-state index in [0.29, 0.717) is 21.8 Å². The van der Waals surface area contributed by atoms with Crippen LogP contribution in [-0.2, 0) is 26.3 Å². The number of anilines is 1. The van der Waals surface area contributed by atoms with Crippen molar-refractivity contribution in [3.63, 3.8) is 0 Å². The molecule has 0 unspecified atom stereocenters. The van der Waals surface area contributed by atoms with Crippen molar-refractivity contribution in [2.24, 2.45) is 0 Å². The van der Waals surface area contributed by atoms with E-state index in [4.69, 9.17) is 27.4 Å². The summed E-state index contributed by atoms with van der Waals surface area (Å²) in [4.78, 5) is 37.5. The molecule has 12 heteroatoms. The van der Waals surface area contributed by atoms with Gasteiger partial charge in [-0.1, -0.05) is 41.4 Å². The first-order valence-electron chi connectivity index (χ1n) is 10.6. The van der Waals surface area contributed by atoms with Gasteiger partial charge in [0.1, 0.15) is 4.90 Å². The SMILES string of the molecule is CC(=O)Nc1ccc(S(=O)(=O)Oc2ccc(/C=C3\SC(=O)N(Cc4cccc(Cl)c4)C3=O)cc2Cl)cc1. The average molecular weight is 577 g/mol. The summed E-state index contributed by atoms with van der Waals surface area (Å²) >= 11 is 13.0. The summed E-state index contributed by atoms with van der Waals surface area (Å²) < 4.78 is 30.5. The quantitative estimate of drug-likeness (QED) is 0.273. The van der Waals surface area contributed by atoms with Crippen LogP contribution in [0, 0.1) is 0 Å². The summed E-state index contributed by atoms with van der Waals surface area (Å²) in [6, 6.07) is 16.6. The number of nitrogens with zero attached hydrogens (tertiary/aromatic N) is 1. The molecule has 8 nitrogen and oxygen atoms in total. The summed E-state index contributed by atoms with van der Waals surface area (Å²) in [5.41, 5.74) is 1.63. The molecule has 0 saturated carbocycles. The molecule has 0 radical (unpaired) electrons. The van der Waals surface area contributed by atoms with Crippen LogP contribution in [0.1, 0.15) is 18.1 Å². The second kappa shape index (κ2) is 11.0. The summed E-state index contributed by atoms with van der Waals surface area (Å²) in [6.07, 6.45) is 1.49. The maximum Gasteiger partial charge on any atom is 0.339 e. The molecule has 3 amide bonds. The summed E-state index contributed by atoms with van der Waals surface area (Å²) in [5, 5.41) is 2.62. The lowest BCUT2D eigenvalue weighted by Crippen LogP contribution is -2.27. The number of imide groups is 1. The van der Waals surface area contributed by atoms with Crippen molar-refractivity contribution in [3.8, 4) is 5.75 Å². The highest BCUT2D eigenvalue weighted by Gasteiger charge is 2.35. The smallest absolute Gasteiger partial charge is 0.339 e. The van der Waals surface area contributed by atoms with Gasteiger partial charge >= 0.3 is 10.1 Å². The predicted molar refractivity (Wildman–Crippen MR) is 143 cm³/mol. The number of hydrogen-bond acceptors (Lipinski definition) is 7. The van der Waals surface area contributed by atoms with Gasteiger partial charge in [0.05, 0.1) is 16.5 Å². The van der Waals surface area contributed by atoms with Crippen molar-refractivity contribution in [2.45, 2.75) is 18.4 Å². The molecule has 4 rings (SSSR count). The van der Waals surface area contributed by atoms with Gasteiger partial charge in [0, 0.05) is 17.6 Å². The predicted octanol–water partition coefficient (Wildman–Crippen LogP) is 5.96. The van der Waals surface area contributed by atoms with E-state index in [1.165, 1.54) is 55.5 Å². The monoisotopic (exact) mass is 576 g/mol. The number of nitrogens with one attached hydrogen (secondary N) is 1. The van der Waals surface area contributed by atoms with E-state index in [1.54, 1.807) is 24.3 Å². The number of carbonyl (C=O) groups excluding carboxylic acids is 3. The van der Waals surface area contributed by atoms with Gasteiger partial charge in [-0.25, -0.2) is 0 Å². The molecule has 0 spiro atoms. The molecule has 0 bridgehead atoms. The van der Waals surface area contributed by atoms with Crippen LogP contribution >= 0.6 is 35.0 Å². The standard InChI is InChI=1S/C25H18Cl2N2O6S2/c1-15(30)28-19-6-8-20(9-7-19)37(33,34)35-22-10-5-16(12-21(22)27)13-23-24(31)29(25(32)36-23)14-17-3-2-4-18(26)11-17/h2-13H,14H2,1H3,(H,28,30)/b23-13-. The van der Waals surface area contributed by atoms with Crippen molar-refractivity contribution in [1.29, 1.82) is 0 Å². The van der Waals surface area contributed by atoms with E-state index in [9.17, 15) is 22.8 Å². The first-order valence-corrected chi connectivity index (χ1v) is 13.6. The Hall–Kier alpha value is -3.31. The van der Waals surface area contributed by atoms with Crippen molar-refractivity contribution in [3.05, 3.63) is 92.8 Å². The first-order chi connectivity index (χ1) is 17.5. The Labute approximate surface area is 227 Å². The molecule has 1 fully saturated rings. The van der Waals surface area contributed by atoms with Crippen molar-refractivity contribution >= 4 is 73.9 Å². The Morgan fingerprint density at radius 3 is 2.43 bits per heavy atom. The molecule has 1 aliphatic rings. The molecule has 3 aromatic carbocycles. The van der Waals surface area contributed by atoms with Gasteiger partial charge in [0.15, 0.2) is 5.75 Å². The van der Waals surface area contributed by atoms with E-state index >= 15 is 0 Å². The molecular formula is C25H18Cl2N2O6S2. The highest BCUT2D eigenvalue weighted by atomic mass is 35.5. The van der Waals surface area contributed by atoms with Gasteiger partial charge in [0.25, 0.3) is 11.1 Å². The highest BCUT2D eigenvalue weighted by Crippen LogP contribution is 2.35. The van der Waals surface area contributed by atoms with E-state index in [1.807, 2.05) is 0 Å². The molecule has 3 aromatic rings. The normalized spacial score (nSPS) is 14.8. The molecule has 1 N–H and O–H groups in total. The molecule has 1 heterocycles. The third kappa shape index (κ3) is 6.53. The third-order valence-corrected chi connectivity index (χ3v) is 7.71. The average Bonchev–Trinajstić information content (AvgIpc) is 3.08. The summed E-state index contributed by atoms with van der Waals surface area (Å²) in [6.45, 7) is 1.42. The minimum atomic E-state index is -4.20. The van der Waals surface area contributed by atoms with Gasteiger partial charge in [-0.2, -0.15) is 8.42 Å². The molecular weight excluding hydrogens is 559 g/mol. The Balaban J connectivity index is 1.48. The summed E-state index contributed by atoms with van der Waals surface area (Å²) in [5.74, 6) is -0.861. The van der Waals surface area contributed by atoms with Gasteiger partial charge < -0.3 is 9.50 Å². The van der Waals surface area contributed by atoms with E-state index in [-0.39, 0.29) is 33.0 Å². The van der Waals surface area contributed by atoms with Crippen LogP contribution in [0.15, 0.2) is 76.5 Å². The minimum absolute atomic E-state index is 0.00894. The minimum Gasteiger partial charge on any atom is -0.377 e. The fraction of sp³-hybridized carbons (Fsp3) is 0.0800. The number of benzene rings is 3. The molecule has 0 aliphatic carbocycles. The Morgan fingerprint density at radius 1 is 1.05 bits per heavy atom. The second-order valence-corrected chi connectivity index (χ2v) is 11.2. The fourth-order valence-electron chi connectivity index (χ4n) is 3.35. The zero-order valence-electron chi connectivity index (χ0n) is 19.1. The number of halogens is 2. The lowest BCUT2D eigenvalue weighted by Gasteiger charge is -2.12. The maximum absolute atomic E-state index is 12.8. The van der Waals surface area contributed by atoms with Crippen LogP contribution in [0.5, 0.6) is 5.75 Å². The van der Waals surface area contributed by atoms with E-state index < -0.39 is 21.3 Å². The largest absolute Gasteiger partial charge is 0.377 e. The van der Waals surface area contributed by atoms with Crippen molar-refractivity contribution in [2.75, 3.05) is 5.32 Å². The number of hydrogen-bond donors (Lipinski definition) is 1. The topological polar surface area (TPSA) is 110 Å². The van der Waals surface area contributed by atoms with E-state index in [2.05, 4.69) is 5.32 Å². The van der Waals surface area contributed by atoms with Crippen molar-refractivity contribution in [1.82, 2.24) is 4.90 Å². The molecule has 0 aromatic heterocycles. The van der Waals surface area contributed by atoms with Crippen LogP contribution in [-0.4, -0.2) is 30.4 Å². The lowest BCUT2D eigenvalue weighted by molar-refractivity contribution is -0.123. The highest BCUT2D eigenvalue weighted by molar-refractivity contribution is 8.18. The van der Waals surface area contributed by atoms with Crippen LogP contribution < -0.4 is 9.50 Å².